The number of nitrogen functional groups attached to an aromatic ring is 1. The molecule has 0 bridgehead atoms. The van der Waals surface area contributed by atoms with Crippen LogP contribution in [-0.4, -0.2) is 20.7 Å². The van der Waals surface area contributed by atoms with Gasteiger partial charge in [-0.1, -0.05) is 41.6 Å². The van der Waals surface area contributed by atoms with Crippen molar-refractivity contribution in [1.82, 2.24) is 15.0 Å². The monoisotopic (exact) mass is 471 g/mol. The Labute approximate surface area is 201 Å². The second kappa shape index (κ2) is 9.58. The fourth-order valence-electron chi connectivity index (χ4n) is 4.59. The molecule has 2 aromatic heterocycles. The van der Waals surface area contributed by atoms with Crippen LogP contribution in [0.3, 0.4) is 0 Å². The van der Waals surface area contributed by atoms with Crippen LogP contribution in [-0.2, 0) is 17.9 Å². The van der Waals surface area contributed by atoms with Crippen LogP contribution in [0.15, 0.2) is 72.0 Å². The first kappa shape index (κ1) is 22.6. The zero-order valence-electron chi connectivity index (χ0n) is 19.1. The van der Waals surface area contributed by atoms with Gasteiger partial charge >= 0.3 is 0 Å². The van der Waals surface area contributed by atoms with Crippen LogP contribution in [0.1, 0.15) is 40.4 Å². The Balaban J connectivity index is 1.55. The molecular weight excluding hydrogens is 448 g/mol. The summed E-state index contributed by atoms with van der Waals surface area (Å²) < 4.78 is 28.8. The van der Waals surface area contributed by atoms with Gasteiger partial charge in [-0.15, -0.1) is 0 Å². The van der Waals surface area contributed by atoms with Crippen LogP contribution < -0.4 is 5.73 Å². The first-order valence-electron chi connectivity index (χ1n) is 11.3. The van der Waals surface area contributed by atoms with E-state index in [0.29, 0.717) is 36.4 Å². The number of nitrogens with zero attached hydrogens (tertiary/aromatic N) is 4. The van der Waals surface area contributed by atoms with Gasteiger partial charge in [0.1, 0.15) is 12.4 Å². The molecule has 35 heavy (non-hydrogen) atoms. The fraction of sp³-hybridized carbons (Fsp3) is 0.185. The van der Waals surface area contributed by atoms with Crippen LogP contribution >= 0.6 is 0 Å². The van der Waals surface area contributed by atoms with E-state index in [1.165, 1.54) is 18.3 Å². The quantitative estimate of drug-likeness (QED) is 0.313. The Morgan fingerprint density at radius 1 is 1.00 bits per heavy atom. The zero-order chi connectivity index (χ0) is 24.4. The van der Waals surface area contributed by atoms with E-state index in [-0.39, 0.29) is 17.4 Å². The Hall–Kier alpha value is -4.20. The third-order valence-corrected chi connectivity index (χ3v) is 6.10. The van der Waals surface area contributed by atoms with Gasteiger partial charge in [-0.2, -0.15) is 4.39 Å². The number of oxime groups is 1. The Kier molecular flexibility index (Phi) is 6.18. The van der Waals surface area contributed by atoms with Crippen molar-refractivity contribution >= 4 is 11.7 Å². The lowest BCUT2D eigenvalue weighted by atomic mass is 9.78. The van der Waals surface area contributed by atoms with Gasteiger partial charge in [0, 0.05) is 23.7 Å². The first-order valence-corrected chi connectivity index (χ1v) is 11.3. The number of halogens is 2. The molecule has 0 amide bonds. The van der Waals surface area contributed by atoms with Crippen molar-refractivity contribution in [3.8, 4) is 11.1 Å². The summed E-state index contributed by atoms with van der Waals surface area (Å²) in [5, 5.41) is 4.46. The summed E-state index contributed by atoms with van der Waals surface area (Å²) in [6.07, 6.45) is 2.36. The highest BCUT2D eigenvalue weighted by Gasteiger charge is 2.31. The van der Waals surface area contributed by atoms with E-state index in [4.69, 9.17) is 10.6 Å². The summed E-state index contributed by atoms with van der Waals surface area (Å²) in [6, 6.07) is 17.4. The van der Waals surface area contributed by atoms with Gasteiger partial charge in [0.05, 0.1) is 17.1 Å². The average Bonchev–Trinajstić information content (AvgIpc) is 2.84. The maximum atomic E-state index is 14.6. The summed E-state index contributed by atoms with van der Waals surface area (Å²) >= 11 is 0. The number of aromatic nitrogens is 3. The Morgan fingerprint density at radius 2 is 1.83 bits per heavy atom. The Morgan fingerprint density at radius 3 is 2.63 bits per heavy atom. The number of hydrogen-bond acceptors (Lipinski definition) is 6. The van der Waals surface area contributed by atoms with E-state index in [9.17, 15) is 8.78 Å². The predicted molar refractivity (Wildman–Crippen MR) is 130 cm³/mol. The van der Waals surface area contributed by atoms with Crippen LogP contribution in [0.4, 0.5) is 14.7 Å². The van der Waals surface area contributed by atoms with Gasteiger partial charge in [-0.05, 0) is 60.2 Å². The summed E-state index contributed by atoms with van der Waals surface area (Å²) in [6.45, 7) is 2.17. The lowest BCUT2D eigenvalue weighted by Gasteiger charge is -2.28. The third kappa shape index (κ3) is 4.73. The molecule has 6 nitrogen and oxygen atoms in total. The minimum Gasteiger partial charge on any atom is -0.391 e. The summed E-state index contributed by atoms with van der Waals surface area (Å²) in [7, 11) is 0. The normalized spacial score (nSPS) is 16.2. The Bertz CT molecular complexity index is 1410. The highest BCUT2D eigenvalue weighted by molar-refractivity contribution is 6.03. The number of anilines is 1. The molecule has 0 saturated carbocycles. The van der Waals surface area contributed by atoms with E-state index in [2.05, 4.69) is 20.1 Å². The second-order valence-corrected chi connectivity index (χ2v) is 8.46. The smallest absolute Gasteiger partial charge is 0.220 e. The SMILES string of the molecule is Cc1nc(N)nc2c1C(=NOCc1ccccc1)CC(c1ccc(F)cc1-c1cccnc1F)C2. The molecule has 2 aromatic carbocycles. The maximum Gasteiger partial charge on any atom is 0.220 e. The number of aryl methyl sites for hydroxylation is 1. The largest absolute Gasteiger partial charge is 0.391 e. The molecule has 1 aliphatic carbocycles. The molecule has 2 heterocycles. The minimum atomic E-state index is -0.655. The predicted octanol–water partition coefficient (Wildman–Crippen LogP) is 5.36. The molecule has 0 aliphatic heterocycles. The van der Waals surface area contributed by atoms with Gasteiger partial charge in [0.25, 0.3) is 0 Å². The molecule has 5 rings (SSSR count). The molecule has 0 radical (unpaired) electrons. The van der Waals surface area contributed by atoms with Crippen molar-refractivity contribution in [2.24, 2.45) is 5.16 Å². The van der Waals surface area contributed by atoms with E-state index in [1.807, 2.05) is 37.3 Å². The van der Waals surface area contributed by atoms with E-state index >= 15 is 0 Å². The number of benzene rings is 2. The number of rotatable bonds is 5. The number of hydrogen-bond donors (Lipinski definition) is 1. The molecule has 8 heteroatoms. The van der Waals surface area contributed by atoms with Gasteiger partial charge in [0.2, 0.25) is 11.9 Å². The number of pyridine rings is 1. The minimum absolute atomic E-state index is 0.162. The molecule has 1 unspecified atom stereocenters. The van der Waals surface area contributed by atoms with Crippen LogP contribution in [0, 0.1) is 18.7 Å². The molecule has 176 valence electrons. The van der Waals surface area contributed by atoms with Crippen LogP contribution in [0.25, 0.3) is 11.1 Å². The number of fused-ring (bicyclic) bond motifs is 1. The van der Waals surface area contributed by atoms with Crippen molar-refractivity contribution in [3.05, 3.63) is 107 Å². The van der Waals surface area contributed by atoms with Gasteiger partial charge in [-0.3, -0.25) is 0 Å². The van der Waals surface area contributed by atoms with Crippen LogP contribution in [0.2, 0.25) is 0 Å². The lowest BCUT2D eigenvalue weighted by molar-refractivity contribution is 0.129. The average molecular weight is 472 g/mol. The zero-order valence-corrected chi connectivity index (χ0v) is 19.1. The van der Waals surface area contributed by atoms with Gasteiger partial charge in [-0.25, -0.2) is 19.3 Å². The molecule has 0 spiro atoms. The maximum absolute atomic E-state index is 14.6. The summed E-state index contributed by atoms with van der Waals surface area (Å²) in [4.78, 5) is 18.2. The summed E-state index contributed by atoms with van der Waals surface area (Å²) in [5.74, 6) is -1.10. The highest BCUT2D eigenvalue weighted by Crippen LogP contribution is 2.39. The summed E-state index contributed by atoms with van der Waals surface area (Å²) in [5.41, 5.74) is 11.3. The fourth-order valence-corrected chi connectivity index (χ4v) is 4.59. The second-order valence-electron chi connectivity index (χ2n) is 8.46. The van der Waals surface area contributed by atoms with Crippen molar-refractivity contribution in [2.75, 3.05) is 5.73 Å². The molecule has 0 fully saturated rings. The van der Waals surface area contributed by atoms with Crippen molar-refractivity contribution in [2.45, 2.75) is 32.3 Å². The van der Waals surface area contributed by atoms with Gasteiger partial charge in [0.15, 0.2) is 0 Å². The molecule has 2 N–H and O–H groups in total. The van der Waals surface area contributed by atoms with Gasteiger partial charge < -0.3 is 10.6 Å². The van der Waals surface area contributed by atoms with Crippen molar-refractivity contribution in [1.29, 1.82) is 0 Å². The highest BCUT2D eigenvalue weighted by atomic mass is 19.1. The topological polar surface area (TPSA) is 86.3 Å². The van der Waals surface area contributed by atoms with E-state index in [0.717, 1.165) is 22.4 Å². The molecule has 4 aromatic rings. The van der Waals surface area contributed by atoms with Crippen molar-refractivity contribution in [3.63, 3.8) is 0 Å². The standard InChI is InChI=1S/C27H23F2N5O/c1-16-25-23(33-27(30)32-16)12-18(13-24(25)34-35-15-17-6-3-2-4-7-17)20-10-9-19(28)14-22(20)21-8-5-11-31-26(21)29/h2-11,14,18H,12-13,15H2,1H3,(H2,30,32,33). The van der Waals surface area contributed by atoms with Crippen molar-refractivity contribution < 1.29 is 13.6 Å². The molecule has 0 saturated heterocycles. The van der Waals surface area contributed by atoms with E-state index < -0.39 is 11.8 Å². The first-order chi connectivity index (χ1) is 17.0. The molecule has 1 atom stereocenters. The molecule has 1 aliphatic rings. The molecular formula is C27H23F2N5O. The van der Waals surface area contributed by atoms with Crippen LogP contribution in [0.5, 0.6) is 0 Å². The number of nitrogens with two attached hydrogens (primary N) is 1. The lowest BCUT2D eigenvalue weighted by Crippen LogP contribution is -2.24. The third-order valence-electron chi connectivity index (χ3n) is 6.10. The van der Waals surface area contributed by atoms with E-state index in [1.54, 1.807) is 18.2 Å².